The van der Waals surface area contributed by atoms with Crippen molar-refractivity contribution in [3.05, 3.63) is 100 Å². The van der Waals surface area contributed by atoms with Crippen LogP contribution in [0.25, 0.3) is 0 Å². The number of halogens is 1. The minimum Gasteiger partial charge on any atom is -0.271 e. The molecule has 1 N–H and O–H groups in total. The van der Waals surface area contributed by atoms with Crippen molar-refractivity contribution in [2.75, 3.05) is 10.8 Å². The molecule has 0 aromatic heterocycles. The summed E-state index contributed by atoms with van der Waals surface area (Å²) < 4.78 is 40.5. The Hall–Kier alpha value is -4.12. The van der Waals surface area contributed by atoms with E-state index in [1.165, 1.54) is 48.5 Å². The predicted octanol–water partition coefficient (Wildman–Crippen LogP) is 3.47. The first-order chi connectivity index (χ1) is 15.7. The van der Waals surface area contributed by atoms with Crippen molar-refractivity contribution in [3.8, 4) is 0 Å². The highest BCUT2D eigenvalue weighted by Gasteiger charge is 2.27. The van der Waals surface area contributed by atoms with Crippen LogP contribution in [0.4, 0.5) is 15.8 Å². The summed E-state index contributed by atoms with van der Waals surface area (Å²) in [4.78, 5) is 22.8. The van der Waals surface area contributed by atoms with Crippen molar-refractivity contribution in [1.29, 1.82) is 0 Å². The molecule has 3 aromatic carbocycles. The monoisotopic (exact) mass is 470 g/mol. The molecule has 0 spiro atoms. The molecular formula is C22H19FN4O5S. The molecule has 0 saturated heterocycles. The molecule has 33 heavy (non-hydrogen) atoms. The average molecular weight is 470 g/mol. The standard InChI is InChI=1S/C22H19FN4O5S/c1-16(17-7-11-20(12-8-17)27(29)30)24-25-22(28)15-26(19-13-9-18(23)10-14-19)33(31,32)21-5-3-2-4-6-21/h2-14H,15H2,1H3,(H,25,28)/b24-16-. The van der Waals surface area contributed by atoms with Gasteiger partial charge in [-0.1, -0.05) is 18.2 Å². The van der Waals surface area contributed by atoms with E-state index >= 15 is 0 Å². The minimum atomic E-state index is -4.13. The highest BCUT2D eigenvalue weighted by molar-refractivity contribution is 7.92. The number of hydrogen-bond donors (Lipinski definition) is 1. The van der Waals surface area contributed by atoms with Crippen molar-refractivity contribution in [2.24, 2.45) is 5.10 Å². The third-order valence-corrected chi connectivity index (χ3v) is 6.37. The number of carbonyl (C=O) groups excluding carboxylic acids is 1. The van der Waals surface area contributed by atoms with E-state index in [4.69, 9.17) is 0 Å². The Kier molecular flexibility index (Phi) is 7.13. The summed E-state index contributed by atoms with van der Waals surface area (Å²) in [6.07, 6.45) is 0. The third-order valence-electron chi connectivity index (χ3n) is 4.58. The number of sulfonamides is 1. The first-order valence-corrected chi connectivity index (χ1v) is 11.0. The number of amides is 1. The number of hydrogen-bond acceptors (Lipinski definition) is 6. The Balaban J connectivity index is 1.82. The van der Waals surface area contributed by atoms with Gasteiger partial charge in [-0.05, 0) is 61.0 Å². The second-order valence-electron chi connectivity index (χ2n) is 6.84. The van der Waals surface area contributed by atoms with Gasteiger partial charge in [0, 0.05) is 12.1 Å². The van der Waals surface area contributed by atoms with Crippen LogP contribution in [-0.4, -0.2) is 31.5 Å². The van der Waals surface area contributed by atoms with Gasteiger partial charge in [-0.15, -0.1) is 0 Å². The molecule has 11 heteroatoms. The first-order valence-electron chi connectivity index (χ1n) is 9.60. The highest BCUT2D eigenvalue weighted by Crippen LogP contribution is 2.23. The smallest absolute Gasteiger partial charge is 0.269 e. The number of anilines is 1. The lowest BCUT2D eigenvalue weighted by atomic mass is 10.1. The number of nitro benzene ring substituents is 1. The van der Waals surface area contributed by atoms with Crippen molar-refractivity contribution in [3.63, 3.8) is 0 Å². The van der Waals surface area contributed by atoms with Crippen LogP contribution in [0.3, 0.4) is 0 Å². The number of nitrogens with zero attached hydrogens (tertiary/aromatic N) is 3. The molecule has 0 aliphatic carbocycles. The van der Waals surface area contributed by atoms with Crippen molar-refractivity contribution < 1.29 is 22.5 Å². The van der Waals surface area contributed by atoms with Crippen LogP contribution < -0.4 is 9.73 Å². The lowest BCUT2D eigenvalue weighted by Crippen LogP contribution is -2.39. The lowest BCUT2D eigenvalue weighted by Gasteiger charge is -2.23. The van der Waals surface area contributed by atoms with Crippen LogP contribution >= 0.6 is 0 Å². The fourth-order valence-corrected chi connectivity index (χ4v) is 4.29. The molecule has 3 aromatic rings. The molecule has 0 saturated carbocycles. The van der Waals surface area contributed by atoms with Crippen LogP contribution in [0.1, 0.15) is 12.5 Å². The Bertz CT molecular complexity index is 1280. The van der Waals surface area contributed by atoms with Gasteiger partial charge in [0.2, 0.25) is 0 Å². The van der Waals surface area contributed by atoms with E-state index in [9.17, 15) is 27.7 Å². The Morgan fingerprint density at radius 1 is 1.03 bits per heavy atom. The molecule has 9 nitrogen and oxygen atoms in total. The molecular weight excluding hydrogens is 451 g/mol. The molecule has 0 aliphatic heterocycles. The maximum Gasteiger partial charge on any atom is 0.269 e. The van der Waals surface area contributed by atoms with Crippen LogP contribution in [0, 0.1) is 15.9 Å². The molecule has 0 radical (unpaired) electrons. The maximum atomic E-state index is 13.4. The molecule has 0 unspecified atom stereocenters. The van der Waals surface area contributed by atoms with Gasteiger partial charge in [0.05, 0.1) is 21.2 Å². The summed E-state index contributed by atoms with van der Waals surface area (Å²) in [7, 11) is -4.13. The second kappa shape index (κ2) is 10.0. The van der Waals surface area contributed by atoms with E-state index < -0.39 is 33.2 Å². The molecule has 1 amide bonds. The molecule has 0 aliphatic rings. The van der Waals surface area contributed by atoms with E-state index in [0.717, 1.165) is 16.4 Å². The molecule has 0 atom stereocenters. The first kappa shape index (κ1) is 23.5. The van der Waals surface area contributed by atoms with Crippen LogP contribution in [0.5, 0.6) is 0 Å². The lowest BCUT2D eigenvalue weighted by molar-refractivity contribution is -0.384. The van der Waals surface area contributed by atoms with Gasteiger partial charge < -0.3 is 0 Å². The summed E-state index contributed by atoms with van der Waals surface area (Å²) in [6, 6.07) is 17.8. The number of nitrogens with one attached hydrogen (secondary N) is 1. The van der Waals surface area contributed by atoms with E-state index in [-0.39, 0.29) is 16.3 Å². The number of nitro groups is 1. The normalized spacial score (nSPS) is 11.6. The topological polar surface area (TPSA) is 122 Å². The summed E-state index contributed by atoms with van der Waals surface area (Å²) in [6.45, 7) is 0.972. The zero-order valence-electron chi connectivity index (χ0n) is 17.4. The van der Waals surface area contributed by atoms with Crippen molar-refractivity contribution in [1.82, 2.24) is 5.43 Å². The van der Waals surface area contributed by atoms with Gasteiger partial charge in [0.1, 0.15) is 12.4 Å². The number of benzene rings is 3. The fraction of sp³-hybridized carbons (Fsp3) is 0.0909. The SMILES string of the molecule is C/C(=N/NC(=O)CN(c1ccc(F)cc1)S(=O)(=O)c1ccccc1)c1ccc([N+](=O)[O-])cc1. The van der Waals surface area contributed by atoms with Gasteiger partial charge in [0.25, 0.3) is 21.6 Å². The van der Waals surface area contributed by atoms with Gasteiger partial charge >= 0.3 is 0 Å². The number of carbonyl (C=O) groups is 1. The zero-order valence-corrected chi connectivity index (χ0v) is 18.2. The molecule has 0 bridgehead atoms. The van der Waals surface area contributed by atoms with E-state index in [1.54, 1.807) is 25.1 Å². The van der Waals surface area contributed by atoms with Crippen LogP contribution in [0.2, 0.25) is 0 Å². The summed E-state index contributed by atoms with van der Waals surface area (Å²) >= 11 is 0. The molecule has 170 valence electrons. The predicted molar refractivity (Wildman–Crippen MR) is 121 cm³/mol. The van der Waals surface area contributed by atoms with Crippen molar-refractivity contribution >= 4 is 33.0 Å². The summed E-state index contributed by atoms with van der Waals surface area (Å²) in [5.41, 5.74) is 3.20. The van der Waals surface area contributed by atoms with Gasteiger partial charge in [-0.2, -0.15) is 5.10 Å². The molecule has 3 rings (SSSR count). The van der Waals surface area contributed by atoms with Gasteiger partial charge in [0.15, 0.2) is 0 Å². The van der Waals surface area contributed by atoms with E-state index in [0.29, 0.717) is 11.3 Å². The summed E-state index contributed by atoms with van der Waals surface area (Å²) in [5.74, 6) is -1.29. The fourth-order valence-electron chi connectivity index (χ4n) is 2.84. The number of rotatable bonds is 8. The molecule has 0 heterocycles. The average Bonchev–Trinajstić information content (AvgIpc) is 2.82. The number of hydrazone groups is 1. The second-order valence-corrected chi connectivity index (χ2v) is 8.70. The Morgan fingerprint density at radius 2 is 1.64 bits per heavy atom. The highest BCUT2D eigenvalue weighted by atomic mass is 32.2. The van der Waals surface area contributed by atoms with E-state index in [2.05, 4.69) is 10.5 Å². The molecule has 0 fully saturated rings. The summed E-state index contributed by atoms with van der Waals surface area (Å²) in [5, 5.41) is 14.7. The quantitative estimate of drug-likeness (QED) is 0.307. The van der Waals surface area contributed by atoms with Gasteiger partial charge in [-0.25, -0.2) is 18.2 Å². The maximum absolute atomic E-state index is 13.4. The van der Waals surface area contributed by atoms with Crippen molar-refractivity contribution in [2.45, 2.75) is 11.8 Å². The third kappa shape index (κ3) is 5.77. The van der Waals surface area contributed by atoms with Crippen LogP contribution in [-0.2, 0) is 14.8 Å². The number of non-ortho nitro benzene ring substituents is 1. The zero-order chi connectivity index (χ0) is 24.0. The van der Waals surface area contributed by atoms with Crippen LogP contribution in [0.15, 0.2) is 88.9 Å². The minimum absolute atomic E-state index is 0.0345. The van der Waals surface area contributed by atoms with Gasteiger partial charge in [-0.3, -0.25) is 19.2 Å². The Morgan fingerprint density at radius 3 is 2.21 bits per heavy atom. The Labute approximate surface area is 189 Å². The van der Waals surface area contributed by atoms with E-state index in [1.807, 2.05) is 0 Å². The largest absolute Gasteiger partial charge is 0.271 e.